The molecule has 94 valence electrons. The van der Waals surface area contributed by atoms with Crippen LogP contribution in [0.5, 0.6) is 5.88 Å². The van der Waals surface area contributed by atoms with Crippen LogP contribution in [0.3, 0.4) is 0 Å². The summed E-state index contributed by atoms with van der Waals surface area (Å²) in [6, 6.07) is 1.52. The molecule has 0 fully saturated rings. The number of hydrogen-bond acceptors (Lipinski definition) is 5. The Kier molecular flexibility index (Phi) is 5.19. The third-order valence-electron chi connectivity index (χ3n) is 2.20. The molecule has 0 amide bonds. The second kappa shape index (κ2) is 6.67. The highest BCUT2D eigenvalue weighted by Crippen LogP contribution is 2.13. The number of carboxylic acid groups (broad SMARTS) is 1. The average Bonchev–Trinajstić information content (AvgIpc) is 2.28. The lowest BCUT2D eigenvalue weighted by molar-refractivity contribution is -0.137. The van der Waals surface area contributed by atoms with Crippen LogP contribution in [0.25, 0.3) is 0 Å². The molecule has 1 aromatic rings. The average molecular weight is 239 g/mol. The van der Waals surface area contributed by atoms with E-state index in [1.54, 1.807) is 6.07 Å². The van der Waals surface area contributed by atoms with Crippen LogP contribution in [0.4, 0.5) is 5.82 Å². The molecule has 0 bridgehead atoms. The summed E-state index contributed by atoms with van der Waals surface area (Å²) in [6.45, 7) is 4.32. The first kappa shape index (κ1) is 13.2. The van der Waals surface area contributed by atoms with Crippen LogP contribution in [-0.4, -0.2) is 33.7 Å². The summed E-state index contributed by atoms with van der Waals surface area (Å²) < 4.78 is 5.24. The number of aromatic nitrogens is 2. The zero-order valence-corrected chi connectivity index (χ0v) is 10.0. The van der Waals surface area contributed by atoms with E-state index < -0.39 is 5.97 Å². The smallest absolute Gasteiger partial charge is 0.305 e. The Hall–Kier alpha value is -1.85. The molecule has 6 heteroatoms. The lowest BCUT2D eigenvalue weighted by Gasteiger charge is -2.15. The first-order valence-electron chi connectivity index (χ1n) is 5.58. The van der Waals surface area contributed by atoms with Crippen molar-refractivity contribution in [2.45, 2.75) is 32.7 Å². The van der Waals surface area contributed by atoms with Crippen molar-refractivity contribution >= 4 is 11.8 Å². The minimum absolute atomic E-state index is 0.0600. The standard InChI is InChI=1S/C11H17N3O3/c1-3-8(5-11(15)16)14-9-6-10(17-4-2)13-7-12-9/h6-8H,3-5H2,1-2H3,(H,15,16)(H,12,13,14). The van der Waals surface area contributed by atoms with Crippen molar-refractivity contribution in [1.82, 2.24) is 9.97 Å². The van der Waals surface area contributed by atoms with Gasteiger partial charge in [0.15, 0.2) is 0 Å². The number of carboxylic acids is 1. The van der Waals surface area contributed by atoms with Crippen LogP contribution in [0, 0.1) is 0 Å². The molecule has 0 saturated heterocycles. The van der Waals surface area contributed by atoms with Gasteiger partial charge in [0.05, 0.1) is 13.0 Å². The van der Waals surface area contributed by atoms with E-state index >= 15 is 0 Å². The van der Waals surface area contributed by atoms with Gasteiger partial charge < -0.3 is 15.2 Å². The number of nitrogens with one attached hydrogen (secondary N) is 1. The minimum Gasteiger partial charge on any atom is -0.481 e. The molecule has 0 saturated carbocycles. The van der Waals surface area contributed by atoms with Gasteiger partial charge in [-0.05, 0) is 13.3 Å². The van der Waals surface area contributed by atoms with Crippen LogP contribution in [0.1, 0.15) is 26.7 Å². The van der Waals surface area contributed by atoms with E-state index in [9.17, 15) is 4.79 Å². The molecule has 2 N–H and O–H groups in total. The molecule has 0 aliphatic carbocycles. The number of rotatable bonds is 7. The van der Waals surface area contributed by atoms with Crippen molar-refractivity contribution < 1.29 is 14.6 Å². The van der Waals surface area contributed by atoms with Gasteiger partial charge in [0.2, 0.25) is 5.88 Å². The van der Waals surface area contributed by atoms with Crippen molar-refractivity contribution in [2.24, 2.45) is 0 Å². The molecule has 1 unspecified atom stereocenters. The number of carbonyl (C=O) groups is 1. The summed E-state index contributed by atoms with van der Waals surface area (Å²) in [5.41, 5.74) is 0. The topological polar surface area (TPSA) is 84.3 Å². The fraction of sp³-hybridized carbons (Fsp3) is 0.545. The van der Waals surface area contributed by atoms with Crippen LogP contribution < -0.4 is 10.1 Å². The Morgan fingerprint density at radius 3 is 2.88 bits per heavy atom. The molecule has 1 heterocycles. The number of aliphatic carboxylic acids is 1. The Labute approximate surface area is 100 Å². The van der Waals surface area contributed by atoms with Gasteiger partial charge in [-0.25, -0.2) is 9.97 Å². The number of nitrogens with zero attached hydrogens (tertiary/aromatic N) is 2. The van der Waals surface area contributed by atoms with Crippen LogP contribution in [0.15, 0.2) is 12.4 Å². The van der Waals surface area contributed by atoms with Crippen molar-refractivity contribution in [2.75, 3.05) is 11.9 Å². The van der Waals surface area contributed by atoms with E-state index in [2.05, 4.69) is 15.3 Å². The number of ether oxygens (including phenoxy) is 1. The van der Waals surface area contributed by atoms with Crippen LogP contribution in [-0.2, 0) is 4.79 Å². The fourth-order valence-corrected chi connectivity index (χ4v) is 1.36. The molecule has 1 rings (SSSR count). The predicted molar refractivity (Wildman–Crippen MR) is 63.2 cm³/mol. The van der Waals surface area contributed by atoms with Gasteiger partial charge in [0, 0.05) is 12.1 Å². The zero-order valence-electron chi connectivity index (χ0n) is 10.0. The molecule has 17 heavy (non-hydrogen) atoms. The lowest BCUT2D eigenvalue weighted by atomic mass is 10.1. The predicted octanol–water partition coefficient (Wildman–Crippen LogP) is 1.54. The van der Waals surface area contributed by atoms with E-state index in [1.807, 2.05) is 13.8 Å². The highest BCUT2D eigenvalue weighted by molar-refractivity contribution is 5.68. The Morgan fingerprint density at radius 2 is 2.29 bits per heavy atom. The monoisotopic (exact) mass is 239 g/mol. The van der Waals surface area contributed by atoms with E-state index in [0.29, 0.717) is 24.7 Å². The molecule has 1 aromatic heterocycles. The van der Waals surface area contributed by atoms with Crippen molar-refractivity contribution in [3.05, 3.63) is 12.4 Å². The summed E-state index contributed by atoms with van der Waals surface area (Å²) in [4.78, 5) is 18.6. The maximum atomic E-state index is 10.6. The quantitative estimate of drug-likeness (QED) is 0.750. The maximum Gasteiger partial charge on any atom is 0.305 e. The number of anilines is 1. The maximum absolute atomic E-state index is 10.6. The van der Waals surface area contributed by atoms with E-state index in [1.165, 1.54) is 6.33 Å². The van der Waals surface area contributed by atoms with Gasteiger partial charge in [-0.2, -0.15) is 0 Å². The second-order valence-corrected chi connectivity index (χ2v) is 3.52. The molecule has 0 aliphatic rings. The molecule has 0 aliphatic heterocycles. The van der Waals surface area contributed by atoms with Gasteiger partial charge in [0.1, 0.15) is 12.1 Å². The molecule has 0 radical (unpaired) electrons. The van der Waals surface area contributed by atoms with Gasteiger partial charge in [-0.3, -0.25) is 4.79 Å². The van der Waals surface area contributed by atoms with Crippen molar-refractivity contribution in [3.63, 3.8) is 0 Å². The zero-order chi connectivity index (χ0) is 12.7. The molecule has 6 nitrogen and oxygen atoms in total. The van der Waals surface area contributed by atoms with E-state index in [4.69, 9.17) is 9.84 Å². The summed E-state index contributed by atoms with van der Waals surface area (Å²) >= 11 is 0. The van der Waals surface area contributed by atoms with Crippen molar-refractivity contribution in [3.8, 4) is 5.88 Å². The van der Waals surface area contributed by atoms with Gasteiger partial charge >= 0.3 is 5.97 Å². The second-order valence-electron chi connectivity index (χ2n) is 3.52. The molecular formula is C11H17N3O3. The fourth-order valence-electron chi connectivity index (χ4n) is 1.36. The highest BCUT2D eigenvalue weighted by atomic mass is 16.5. The normalized spacial score (nSPS) is 11.9. The summed E-state index contributed by atoms with van der Waals surface area (Å²) in [6.07, 6.45) is 2.16. The highest BCUT2D eigenvalue weighted by Gasteiger charge is 2.11. The Morgan fingerprint density at radius 1 is 1.53 bits per heavy atom. The number of hydrogen-bond donors (Lipinski definition) is 2. The van der Waals surface area contributed by atoms with Gasteiger partial charge in [-0.15, -0.1) is 0 Å². The summed E-state index contributed by atoms with van der Waals surface area (Å²) in [7, 11) is 0. The molecule has 0 spiro atoms. The molecular weight excluding hydrogens is 222 g/mol. The first-order chi connectivity index (χ1) is 8.15. The van der Waals surface area contributed by atoms with E-state index in [-0.39, 0.29) is 12.5 Å². The first-order valence-corrected chi connectivity index (χ1v) is 5.58. The van der Waals surface area contributed by atoms with Crippen LogP contribution >= 0.6 is 0 Å². The summed E-state index contributed by atoms with van der Waals surface area (Å²) in [5.74, 6) is 0.232. The van der Waals surface area contributed by atoms with Crippen LogP contribution in [0.2, 0.25) is 0 Å². The largest absolute Gasteiger partial charge is 0.481 e. The SMILES string of the molecule is CCOc1cc(NC(CC)CC(=O)O)ncn1. The lowest BCUT2D eigenvalue weighted by Crippen LogP contribution is -2.22. The van der Waals surface area contributed by atoms with Gasteiger partial charge in [0.25, 0.3) is 0 Å². The minimum atomic E-state index is -0.830. The Balaban J connectivity index is 2.65. The summed E-state index contributed by atoms with van der Waals surface area (Å²) in [5, 5.41) is 11.8. The third-order valence-corrected chi connectivity index (χ3v) is 2.20. The third kappa shape index (κ3) is 4.67. The van der Waals surface area contributed by atoms with E-state index in [0.717, 1.165) is 0 Å². The molecule has 0 aromatic carbocycles. The Bertz CT molecular complexity index is 371. The van der Waals surface area contributed by atoms with Crippen molar-refractivity contribution in [1.29, 1.82) is 0 Å². The van der Waals surface area contributed by atoms with Gasteiger partial charge in [-0.1, -0.05) is 6.92 Å². The molecule has 1 atom stereocenters.